The Hall–Kier alpha value is -12.3. The third kappa shape index (κ3) is 21.1. The molecule has 0 atom stereocenters. The molecular weight excluding hydrogens is 2200 g/mol. The molecule has 22 aromatic rings. The first kappa shape index (κ1) is 84.0. The number of aryl methyl sites for hydroxylation is 4. The molecule has 9 heterocycles. The smallest absolute Gasteiger partial charge is 0.120 e. The summed E-state index contributed by atoms with van der Waals surface area (Å²) in [6.07, 6.45) is 5.77. The Labute approximate surface area is 829 Å². The topological polar surface area (TPSA) is 132 Å². The number of fused-ring (bicyclic) bond motifs is 12. The molecule has 3 radical (unpaired) electrons. The predicted octanol–water partition coefficient (Wildman–Crippen LogP) is 28.1. The molecule has 0 saturated carbocycles. The van der Waals surface area contributed by atoms with Gasteiger partial charge in [-0.2, -0.15) is 0 Å². The van der Waals surface area contributed by atoms with Crippen molar-refractivity contribution in [1.82, 2.24) is 43.6 Å². The van der Waals surface area contributed by atoms with Crippen molar-refractivity contribution in [3.63, 3.8) is 0 Å². The van der Waals surface area contributed by atoms with Crippen LogP contribution in [0.25, 0.3) is 167 Å². The Morgan fingerprint density at radius 3 is 1.00 bits per heavy atom. The standard InChI is InChI=1S/C26H17N2O.C22H17N2O.C21H15N2O.3C15H18NSi.3Ir/c1-2-9-18(10-3-1)17-28-23-15-6-5-14-22(23)27-26(28)21-13-8-12-20-19-11-4-7-16-24(19)29-25(20)21;1-14(2)24-19-12-5-4-11-18(19)23-22(24)17-10-7-9-16-15-8-3-6-13-20(15)25-21(16)17;1-2-23-18-12-5-4-11-17(18)22-21(23)16-10-7-9-15-14-8-3-6-13-19(14)24-20(15)16;3*1-12-5-7-13(8-6-12)15-10-9-14(11-16-15)17(2,3)4;;;/h1-12,14-16H,17H2;3-9,11-14H,1-2H3;3-9,11-13H,2H2,1H3;3*5-7,9-11H,1-4H3;;;/q6*-1;;;/i;;;3*1D3;;;. The molecule has 12 nitrogen and oxygen atoms in total. The molecule has 9 aromatic heterocycles. The van der Waals surface area contributed by atoms with Crippen molar-refractivity contribution in [3.05, 3.63) is 381 Å². The number of hydrogen-bond acceptors (Lipinski definition) is 9. The number of aromatic nitrogens is 9. The van der Waals surface area contributed by atoms with E-state index in [1.165, 1.54) is 39.3 Å². The number of para-hydroxylation sites is 9. The number of nitrogens with zero attached hydrogens (tertiary/aromatic N) is 9. The molecule has 0 saturated heterocycles. The largest absolute Gasteiger partial charge is 0.501 e. The molecule has 0 N–H and O–H groups in total. The zero-order chi connectivity index (χ0) is 97.2. The fourth-order valence-electron chi connectivity index (χ4n) is 15.8. The number of benzene rings is 13. The van der Waals surface area contributed by atoms with Crippen molar-refractivity contribution >= 4 is 139 Å². The molecular formula is C114H103Ir3N9O3Si3-6. The predicted molar refractivity (Wildman–Crippen MR) is 544 cm³/mol. The molecule has 0 unspecified atom stereocenters. The Bertz CT molecular complexity index is 7640. The van der Waals surface area contributed by atoms with Crippen LogP contribution in [0.15, 0.2) is 335 Å². The van der Waals surface area contributed by atoms with Gasteiger partial charge < -0.3 is 41.9 Å². The Kier molecular flexibility index (Phi) is 26.5. The first-order chi connectivity index (χ1) is 66.0. The fourth-order valence-corrected chi connectivity index (χ4v) is 18.9. The summed E-state index contributed by atoms with van der Waals surface area (Å²) in [7, 11) is -4.01. The summed E-state index contributed by atoms with van der Waals surface area (Å²) < 4.78 is 91.4. The second kappa shape index (κ2) is 41.7. The van der Waals surface area contributed by atoms with E-state index in [1.807, 2.05) is 146 Å². The van der Waals surface area contributed by atoms with Crippen LogP contribution in [0.5, 0.6) is 0 Å². The van der Waals surface area contributed by atoms with E-state index < -0.39 is 44.8 Å². The van der Waals surface area contributed by atoms with Gasteiger partial charge in [0.15, 0.2) is 0 Å². The van der Waals surface area contributed by atoms with Crippen LogP contribution in [0, 0.1) is 57.0 Å². The van der Waals surface area contributed by atoms with Gasteiger partial charge in [-0.25, -0.2) is 0 Å². The molecule has 0 bridgehead atoms. The Morgan fingerprint density at radius 1 is 0.333 bits per heavy atom. The zero-order valence-electron chi connectivity index (χ0n) is 84.3. The van der Waals surface area contributed by atoms with E-state index in [2.05, 4.69) is 266 Å². The first-order valence-electron chi connectivity index (χ1n) is 47.9. The van der Waals surface area contributed by atoms with Gasteiger partial charge in [0, 0.05) is 127 Å². The van der Waals surface area contributed by atoms with Gasteiger partial charge in [0.05, 0.1) is 91.5 Å². The van der Waals surface area contributed by atoms with E-state index in [0.717, 1.165) is 180 Å². The summed E-state index contributed by atoms with van der Waals surface area (Å²) in [6, 6.07) is 118. The van der Waals surface area contributed by atoms with E-state index in [-0.39, 0.29) is 66.4 Å². The zero-order valence-corrected chi connectivity index (χ0v) is 85.5. The van der Waals surface area contributed by atoms with Gasteiger partial charge in [0.1, 0.15) is 16.7 Å². The van der Waals surface area contributed by atoms with E-state index in [0.29, 0.717) is 16.7 Å². The number of imidazole rings is 3. The van der Waals surface area contributed by atoms with Gasteiger partial charge in [0.2, 0.25) is 0 Å². The summed E-state index contributed by atoms with van der Waals surface area (Å²) in [5.41, 5.74) is 21.3. The summed E-state index contributed by atoms with van der Waals surface area (Å²) in [6.45, 7) is 22.3. The van der Waals surface area contributed by atoms with Crippen LogP contribution < -0.4 is 15.6 Å². The van der Waals surface area contributed by atoms with Crippen LogP contribution in [0.4, 0.5) is 0 Å². The van der Waals surface area contributed by atoms with Crippen molar-refractivity contribution in [2.45, 2.75) is 119 Å². The van der Waals surface area contributed by atoms with Gasteiger partial charge >= 0.3 is 0 Å². The molecule has 0 aliphatic rings. The van der Waals surface area contributed by atoms with Crippen molar-refractivity contribution in [3.8, 4) is 67.9 Å². The Balaban J connectivity index is 0.000000135. The molecule has 0 spiro atoms. The fraction of sp³-hybridized carbons (Fsp3) is 0.158. The maximum Gasteiger partial charge on any atom is 0.120 e. The minimum absolute atomic E-state index is 0. The van der Waals surface area contributed by atoms with E-state index >= 15 is 0 Å². The molecule has 13 aromatic carbocycles. The number of furan rings is 3. The van der Waals surface area contributed by atoms with Crippen molar-refractivity contribution in [1.29, 1.82) is 0 Å². The summed E-state index contributed by atoms with van der Waals surface area (Å²) >= 11 is 0. The number of hydrogen-bond donors (Lipinski definition) is 0. The third-order valence-electron chi connectivity index (χ3n) is 22.8. The molecule has 667 valence electrons. The van der Waals surface area contributed by atoms with Gasteiger partial charge in [0.25, 0.3) is 0 Å². The maximum absolute atomic E-state index is 7.35. The first-order valence-corrected chi connectivity index (χ1v) is 53.9. The summed E-state index contributed by atoms with van der Waals surface area (Å²) in [5, 5.41) is 10.6. The van der Waals surface area contributed by atoms with Gasteiger partial charge in [-0.15, -0.1) is 161 Å². The average molecular weight is 2320 g/mol. The number of rotatable bonds is 13. The van der Waals surface area contributed by atoms with Gasteiger partial charge in [-0.05, 0) is 114 Å². The maximum atomic E-state index is 7.35. The van der Waals surface area contributed by atoms with E-state index in [9.17, 15) is 0 Å². The Morgan fingerprint density at radius 2 is 0.659 bits per heavy atom. The molecule has 0 amide bonds. The van der Waals surface area contributed by atoms with Crippen LogP contribution in [0.1, 0.15) is 61.4 Å². The van der Waals surface area contributed by atoms with Crippen LogP contribution >= 0.6 is 0 Å². The molecule has 18 heteroatoms. The quantitative estimate of drug-likeness (QED) is 0.0817. The number of pyridine rings is 3. The molecule has 22 rings (SSSR count). The van der Waals surface area contributed by atoms with Gasteiger partial charge in [-0.1, -0.05) is 270 Å². The van der Waals surface area contributed by atoms with E-state index in [1.54, 1.807) is 36.4 Å². The van der Waals surface area contributed by atoms with Crippen LogP contribution in [0.2, 0.25) is 58.9 Å². The molecule has 0 aliphatic carbocycles. The molecule has 0 fully saturated rings. The van der Waals surface area contributed by atoms with Crippen molar-refractivity contribution in [2.24, 2.45) is 0 Å². The van der Waals surface area contributed by atoms with Crippen LogP contribution in [0.3, 0.4) is 0 Å². The van der Waals surface area contributed by atoms with Gasteiger partial charge in [-0.3, -0.25) is 15.0 Å². The van der Waals surface area contributed by atoms with Crippen LogP contribution in [-0.2, 0) is 73.4 Å². The second-order valence-corrected chi connectivity index (χ2v) is 50.4. The second-order valence-electron chi connectivity index (χ2n) is 35.2. The normalized spacial score (nSPS) is 12.7. The summed E-state index contributed by atoms with van der Waals surface area (Å²) in [5.74, 6) is 2.68. The SMILES string of the molecule is CC(C)n1c(-c2[c-]ccc3c2oc2ccccc23)nc2ccccc21.CCn1c(-c2[c-]ccc3c2oc2ccccc23)nc2ccccc21.[2H]C([2H])([2H])c1c[c-]c(-c2ccc([Si](C)(C)C)cn2)cc1.[2H]C([2H])([2H])c1c[c-]c(-c2ccc([Si](C)(C)C)cn2)cc1.[2H]C([2H])([2H])c1c[c-]c(-c2ccc([Si](C)(C)C)cn2)cc1.[Ir].[Ir].[Ir].[c-]1ccc2c(oc3ccccc32)c1-c1nc2ccccc2n1Cc1ccccc1. The van der Waals surface area contributed by atoms with Crippen LogP contribution in [-0.4, -0.2) is 67.8 Å². The average Bonchev–Trinajstić information content (AvgIpc) is 1.60. The summed E-state index contributed by atoms with van der Waals surface area (Å²) in [4.78, 5) is 28.1. The monoisotopic (exact) mass is 2320 g/mol. The third-order valence-corrected chi connectivity index (χ3v) is 28.8. The van der Waals surface area contributed by atoms with Crippen molar-refractivity contribution < 1.29 is 85.9 Å². The molecule has 0 aliphatic heterocycles. The van der Waals surface area contributed by atoms with E-state index in [4.69, 9.17) is 40.5 Å². The minimum atomic E-state index is -2.08. The van der Waals surface area contributed by atoms with Crippen molar-refractivity contribution in [2.75, 3.05) is 0 Å². The minimum Gasteiger partial charge on any atom is -0.501 e. The molecule has 132 heavy (non-hydrogen) atoms.